The number of hydrogen-bond acceptors (Lipinski definition) is 6. The van der Waals surface area contributed by atoms with Gasteiger partial charge in [-0.15, -0.1) is 0 Å². The van der Waals surface area contributed by atoms with E-state index < -0.39 is 0 Å². The van der Waals surface area contributed by atoms with E-state index in [0.717, 1.165) is 24.6 Å². The van der Waals surface area contributed by atoms with Gasteiger partial charge in [0.1, 0.15) is 17.5 Å². The second kappa shape index (κ2) is 8.98. The lowest BCUT2D eigenvalue weighted by Gasteiger charge is -2.11. The molecule has 1 aromatic heterocycles. The molecule has 5 nitrogen and oxygen atoms in total. The molecule has 108 valence electrons. The van der Waals surface area contributed by atoms with Gasteiger partial charge in [0.2, 0.25) is 0 Å². The van der Waals surface area contributed by atoms with Crippen molar-refractivity contribution >= 4 is 23.4 Å². The summed E-state index contributed by atoms with van der Waals surface area (Å²) in [6, 6.07) is 1.84. The summed E-state index contributed by atoms with van der Waals surface area (Å²) in [5.41, 5.74) is 2.59. The molecule has 0 radical (unpaired) electrons. The molecule has 0 unspecified atom stereocenters. The Bertz CT molecular complexity index is 370. The Morgan fingerprint density at radius 3 is 2.58 bits per heavy atom. The third-order valence-electron chi connectivity index (χ3n) is 2.74. The molecule has 0 bridgehead atoms. The molecular formula is C13H25N5S. The Balaban J connectivity index is 2.46. The molecule has 0 fully saturated rings. The van der Waals surface area contributed by atoms with Gasteiger partial charge in [0.05, 0.1) is 0 Å². The summed E-state index contributed by atoms with van der Waals surface area (Å²) in [7, 11) is 0. The highest BCUT2D eigenvalue weighted by Gasteiger charge is 2.07. The minimum absolute atomic E-state index is 0.287. The molecule has 1 rings (SSSR count). The van der Waals surface area contributed by atoms with E-state index in [4.69, 9.17) is 5.84 Å². The predicted molar refractivity (Wildman–Crippen MR) is 84.7 cm³/mol. The van der Waals surface area contributed by atoms with E-state index in [0.29, 0.717) is 5.82 Å². The van der Waals surface area contributed by atoms with E-state index in [1.54, 1.807) is 0 Å². The monoisotopic (exact) mass is 283 g/mol. The fourth-order valence-corrected chi connectivity index (χ4v) is 2.15. The van der Waals surface area contributed by atoms with E-state index in [1.165, 1.54) is 18.6 Å². The van der Waals surface area contributed by atoms with Gasteiger partial charge < -0.3 is 10.7 Å². The highest BCUT2D eigenvalue weighted by Crippen LogP contribution is 2.16. The first-order chi connectivity index (χ1) is 9.17. The van der Waals surface area contributed by atoms with Crippen LogP contribution < -0.4 is 16.6 Å². The fourth-order valence-electron chi connectivity index (χ4n) is 1.65. The molecule has 0 aromatic carbocycles. The van der Waals surface area contributed by atoms with Gasteiger partial charge in [0.25, 0.3) is 0 Å². The van der Waals surface area contributed by atoms with E-state index in [9.17, 15) is 0 Å². The molecule has 6 heteroatoms. The standard InChI is InChI=1S/C13H25N5S/c1-10(2)13-16-11(9-12(17-13)18-14)15-7-5-4-6-8-19-3/h9-10H,4-8,14H2,1-3H3,(H2,15,16,17,18). The molecule has 4 N–H and O–H groups in total. The quantitative estimate of drug-likeness (QED) is 0.367. The third-order valence-corrected chi connectivity index (χ3v) is 3.44. The van der Waals surface area contributed by atoms with Crippen LogP contribution in [-0.2, 0) is 0 Å². The van der Waals surface area contributed by atoms with Crippen LogP contribution in [0.1, 0.15) is 44.9 Å². The van der Waals surface area contributed by atoms with E-state index in [2.05, 4.69) is 40.8 Å². The largest absolute Gasteiger partial charge is 0.370 e. The Hall–Kier alpha value is -1.01. The molecule has 19 heavy (non-hydrogen) atoms. The number of thioether (sulfide) groups is 1. The number of nitrogens with one attached hydrogen (secondary N) is 2. The lowest BCUT2D eigenvalue weighted by molar-refractivity contribution is 0.742. The molecule has 1 aromatic rings. The lowest BCUT2D eigenvalue weighted by Crippen LogP contribution is -2.13. The van der Waals surface area contributed by atoms with Crippen LogP contribution in [0.4, 0.5) is 11.6 Å². The first kappa shape index (κ1) is 16.0. The fraction of sp³-hybridized carbons (Fsp3) is 0.692. The van der Waals surface area contributed by atoms with Crippen molar-refractivity contribution in [2.24, 2.45) is 5.84 Å². The number of unbranched alkanes of at least 4 members (excludes halogenated alkanes) is 2. The van der Waals surface area contributed by atoms with Crippen molar-refractivity contribution in [1.82, 2.24) is 9.97 Å². The van der Waals surface area contributed by atoms with Crippen LogP contribution in [0.5, 0.6) is 0 Å². The van der Waals surface area contributed by atoms with Gasteiger partial charge in [-0.25, -0.2) is 15.8 Å². The topological polar surface area (TPSA) is 75.9 Å². The maximum atomic E-state index is 5.43. The average Bonchev–Trinajstić information content (AvgIpc) is 2.42. The van der Waals surface area contributed by atoms with Gasteiger partial charge in [-0.2, -0.15) is 11.8 Å². The first-order valence-corrected chi connectivity index (χ1v) is 8.15. The highest BCUT2D eigenvalue weighted by molar-refractivity contribution is 7.98. The van der Waals surface area contributed by atoms with Crippen molar-refractivity contribution < 1.29 is 0 Å². The number of rotatable bonds is 9. The first-order valence-electron chi connectivity index (χ1n) is 6.75. The van der Waals surface area contributed by atoms with Crippen molar-refractivity contribution in [3.63, 3.8) is 0 Å². The van der Waals surface area contributed by atoms with Crippen LogP contribution in [0.15, 0.2) is 6.07 Å². The van der Waals surface area contributed by atoms with Crippen LogP contribution in [0.25, 0.3) is 0 Å². The van der Waals surface area contributed by atoms with Crippen molar-refractivity contribution in [3.8, 4) is 0 Å². The second-order valence-corrected chi connectivity index (χ2v) is 5.76. The minimum atomic E-state index is 0.287. The Morgan fingerprint density at radius 2 is 1.95 bits per heavy atom. The second-order valence-electron chi connectivity index (χ2n) is 4.78. The minimum Gasteiger partial charge on any atom is -0.370 e. The zero-order valence-electron chi connectivity index (χ0n) is 12.1. The number of hydrogen-bond donors (Lipinski definition) is 3. The summed E-state index contributed by atoms with van der Waals surface area (Å²) < 4.78 is 0. The molecule has 0 aliphatic heterocycles. The van der Waals surface area contributed by atoms with Gasteiger partial charge in [-0.3, -0.25) is 0 Å². The summed E-state index contributed by atoms with van der Waals surface area (Å²) in [5.74, 6) is 9.26. The van der Waals surface area contributed by atoms with Crippen LogP contribution in [0, 0.1) is 0 Å². The predicted octanol–water partition coefficient (Wildman–Crippen LogP) is 2.83. The zero-order valence-corrected chi connectivity index (χ0v) is 12.9. The molecule has 0 atom stereocenters. The zero-order chi connectivity index (χ0) is 14.1. The normalized spacial score (nSPS) is 10.8. The number of anilines is 2. The molecule has 0 spiro atoms. The van der Waals surface area contributed by atoms with E-state index >= 15 is 0 Å². The summed E-state index contributed by atoms with van der Waals surface area (Å²) >= 11 is 1.90. The van der Waals surface area contributed by atoms with Crippen molar-refractivity contribution in [2.45, 2.75) is 39.0 Å². The number of hydrazine groups is 1. The van der Waals surface area contributed by atoms with Crippen molar-refractivity contribution in [2.75, 3.05) is 29.3 Å². The number of nitrogen functional groups attached to an aromatic ring is 1. The molecule has 0 amide bonds. The van der Waals surface area contributed by atoms with Gasteiger partial charge in [-0.1, -0.05) is 20.3 Å². The molecular weight excluding hydrogens is 258 g/mol. The summed E-state index contributed by atoms with van der Waals surface area (Å²) in [6.45, 7) is 5.08. The molecule has 0 aliphatic carbocycles. The smallest absolute Gasteiger partial charge is 0.145 e. The molecule has 0 aliphatic rings. The third kappa shape index (κ3) is 6.11. The van der Waals surface area contributed by atoms with Gasteiger partial charge in [-0.05, 0) is 24.9 Å². The molecule has 0 saturated carbocycles. The van der Waals surface area contributed by atoms with Gasteiger partial charge in [0, 0.05) is 18.5 Å². The highest BCUT2D eigenvalue weighted by atomic mass is 32.2. The van der Waals surface area contributed by atoms with E-state index in [-0.39, 0.29) is 5.92 Å². The molecule has 0 saturated heterocycles. The number of nitrogens with zero attached hydrogens (tertiary/aromatic N) is 2. The van der Waals surface area contributed by atoms with Crippen LogP contribution in [0.2, 0.25) is 0 Å². The van der Waals surface area contributed by atoms with Crippen LogP contribution >= 0.6 is 11.8 Å². The van der Waals surface area contributed by atoms with Gasteiger partial charge in [0.15, 0.2) is 0 Å². The average molecular weight is 283 g/mol. The van der Waals surface area contributed by atoms with Crippen LogP contribution in [-0.4, -0.2) is 28.5 Å². The molecule has 1 heterocycles. The summed E-state index contributed by atoms with van der Waals surface area (Å²) in [4.78, 5) is 8.82. The van der Waals surface area contributed by atoms with Crippen molar-refractivity contribution in [3.05, 3.63) is 11.9 Å². The van der Waals surface area contributed by atoms with Gasteiger partial charge >= 0.3 is 0 Å². The Kier molecular flexibility index (Phi) is 7.59. The summed E-state index contributed by atoms with van der Waals surface area (Å²) in [5, 5.41) is 3.34. The lowest BCUT2D eigenvalue weighted by atomic mass is 10.2. The van der Waals surface area contributed by atoms with E-state index in [1.807, 2.05) is 17.8 Å². The van der Waals surface area contributed by atoms with Crippen LogP contribution in [0.3, 0.4) is 0 Å². The summed E-state index contributed by atoms with van der Waals surface area (Å²) in [6.07, 6.45) is 5.83. The maximum absolute atomic E-state index is 5.43. The Labute approximate surface area is 120 Å². The maximum Gasteiger partial charge on any atom is 0.145 e. The number of aromatic nitrogens is 2. The SMILES string of the molecule is CSCCCCCNc1cc(NN)nc(C(C)C)n1. The van der Waals surface area contributed by atoms with Crippen molar-refractivity contribution in [1.29, 1.82) is 0 Å². The Morgan fingerprint density at radius 1 is 1.21 bits per heavy atom. The number of nitrogens with two attached hydrogens (primary N) is 1.